The van der Waals surface area contributed by atoms with Gasteiger partial charge in [-0.2, -0.15) is 0 Å². The zero-order valence-corrected chi connectivity index (χ0v) is 14.4. The first-order chi connectivity index (χ1) is 9.57. The molecule has 1 unspecified atom stereocenters. The first-order valence-electron chi connectivity index (χ1n) is 7.40. The van der Waals surface area contributed by atoms with E-state index in [0.717, 1.165) is 10.8 Å². The molecule has 2 rings (SSSR count). The fraction of sp³-hybridized carbons (Fsp3) is 0.733. The maximum Gasteiger partial charge on any atom is 0.137 e. The zero-order valence-electron chi connectivity index (χ0n) is 12.7. The molecule has 3 nitrogen and oxygen atoms in total. The number of thiophene rings is 1. The minimum Gasteiger partial charge on any atom is -0.315 e. The molecular weight excluding hydrogens is 288 g/mol. The summed E-state index contributed by atoms with van der Waals surface area (Å²) in [5, 5.41) is 5.46. The maximum atomic E-state index is 12.5. The van der Waals surface area contributed by atoms with Crippen LogP contribution in [0.2, 0.25) is 0 Å². The van der Waals surface area contributed by atoms with Crippen molar-refractivity contribution in [1.82, 2.24) is 9.62 Å². The van der Waals surface area contributed by atoms with Crippen molar-refractivity contribution in [3.63, 3.8) is 0 Å². The van der Waals surface area contributed by atoms with Crippen LogP contribution in [0.3, 0.4) is 0 Å². The molecule has 1 aromatic heterocycles. The van der Waals surface area contributed by atoms with E-state index < -0.39 is 11.0 Å². The van der Waals surface area contributed by atoms with Gasteiger partial charge in [0.1, 0.15) is 15.2 Å². The number of likely N-dealkylation sites (N-methyl/N-ethyl adjacent to an activating group) is 2. The average Bonchev–Trinajstić information content (AvgIpc) is 2.98. The zero-order chi connectivity index (χ0) is 14.6. The minimum absolute atomic E-state index is 0.334. The van der Waals surface area contributed by atoms with Crippen molar-refractivity contribution < 1.29 is 4.21 Å². The molecule has 20 heavy (non-hydrogen) atoms. The molecular formula is C15H26N2OS2. The van der Waals surface area contributed by atoms with Crippen molar-refractivity contribution in [3.8, 4) is 0 Å². The van der Waals surface area contributed by atoms with E-state index in [1.54, 1.807) is 11.3 Å². The Hall–Kier alpha value is -0.230. The molecule has 5 heteroatoms. The van der Waals surface area contributed by atoms with E-state index in [9.17, 15) is 4.21 Å². The van der Waals surface area contributed by atoms with Crippen LogP contribution in [-0.2, 0) is 11.0 Å². The van der Waals surface area contributed by atoms with Crippen molar-refractivity contribution in [1.29, 1.82) is 0 Å². The van der Waals surface area contributed by atoms with E-state index in [0.29, 0.717) is 11.5 Å². The third kappa shape index (κ3) is 3.70. The van der Waals surface area contributed by atoms with Gasteiger partial charge in [-0.05, 0) is 36.8 Å². The van der Waals surface area contributed by atoms with E-state index in [2.05, 4.69) is 12.2 Å². The highest BCUT2D eigenvalue weighted by atomic mass is 32.2. The lowest BCUT2D eigenvalue weighted by Gasteiger charge is -2.42. The van der Waals surface area contributed by atoms with E-state index in [4.69, 9.17) is 0 Å². The van der Waals surface area contributed by atoms with Gasteiger partial charge in [0, 0.05) is 19.6 Å². The van der Waals surface area contributed by atoms with Gasteiger partial charge in [0.05, 0.1) is 0 Å². The Labute approximate surface area is 129 Å². The second-order valence-electron chi connectivity index (χ2n) is 6.05. The summed E-state index contributed by atoms with van der Waals surface area (Å²) in [6, 6.07) is 4.31. The summed E-state index contributed by atoms with van der Waals surface area (Å²) in [6.45, 7) is 3.22. The molecule has 2 atom stereocenters. The second kappa shape index (κ2) is 7.16. The standard InChI is InChI=1S/C15H26N2OS2/c1-15(9-5-4-6-10-15)13(16-2)12-17(3)20(18)14-8-7-11-19-14/h7-8,11,13,16H,4-6,9-10,12H2,1-3H3/t13-,20?/m1/s1. The molecule has 0 spiro atoms. The third-order valence-electron chi connectivity index (χ3n) is 4.58. The Balaban J connectivity index is 2.00. The molecule has 1 saturated carbocycles. The van der Waals surface area contributed by atoms with Crippen molar-refractivity contribution in [2.45, 2.75) is 49.3 Å². The molecule has 1 fully saturated rings. The van der Waals surface area contributed by atoms with Crippen molar-refractivity contribution in [2.75, 3.05) is 20.6 Å². The van der Waals surface area contributed by atoms with Crippen molar-refractivity contribution >= 4 is 22.3 Å². The highest BCUT2D eigenvalue weighted by Crippen LogP contribution is 2.39. The van der Waals surface area contributed by atoms with Crippen LogP contribution in [0.15, 0.2) is 21.7 Å². The number of nitrogens with one attached hydrogen (secondary N) is 1. The lowest BCUT2D eigenvalue weighted by molar-refractivity contribution is 0.138. The Bertz CT molecular complexity index is 427. The number of nitrogens with zero attached hydrogens (tertiary/aromatic N) is 1. The van der Waals surface area contributed by atoms with Gasteiger partial charge >= 0.3 is 0 Å². The summed E-state index contributed by atoms with van der Waals surface area (Å²) in [5.74, 6) is 0. The third-order valence-corrected chi connectivity index (χ3v) is 7.15. The van der Waals surface area contributed by atoms with Gasteiger partial charge in [-0.25, -0.2) is 8.51 Å². The van der Waals surface area contributed by atoms with Crippen LogP contribution in [-0.4, -0.2) is 35.2 Å². The fourth-order valence-corrected chi connectivity index (χ4v) is 5.32. The Morgan fingerprint density at radius 2 is 2.15 bits per heavy atom. The summed E-state index contributed by atoms with van der Waals surface area (Å²) in [7, 11) is 2.97. The quantitative estimate of drug-likeness (QED) is 0.874. The van der Waals surface area contributed by atoms with Crippen molar-refractivity contribution in [3.05, 3.63) is 17.5 Å². The molecule has 0 amide bonds. The van der Waals surface area contributed by atoms with Crippen LogP contribution < -0.4 is 5.32 Å². The predicted octanol–water partition coefficient (Wildman–Crippen LogP) is 3.26. The first-order valence-corrected chi connectivity index (χ1v) is 9.39. The van der Waals surface area contributed by atoms with Crippen LogP contribution >= 0.6 is 11.3 Å². The SMILES string of the molecule is CN[C@H](CN(C)S(=O)c1cccs1)C1(C)CCCCC1. The Kier molecular flexibility index (Phi) is 5.78. The van der Waals surface area contributed by atoms with E-state index in [-0.39, 0.29) is 0 Å². The number of hydrogen-bond donors (Lipinski definition) is 1. The summed E-state index contributed by atoms with van der Waals surface area (Å²) in [6.07, 6.45) is 6.57. The van der Waals surface area contributed by atoms with Gasteiger partial charge < -0.3 is 5.32 Å². The molecule has 1 N–H and O–H groups in total. The predicted molar refractivity (Wildman–Crippen MR) is 87.4 cm³/mol. The smallest absolute Gasteiger partial charge is 0.137 e. The molecule has 1 aromatic rings. The highest BCUT2D eigenvalue weighted by molar-refractivity contribution is 7.85. The first kappa shape index (κ1) is 16.1. The molecule has 1 aliphatic carbocycles. The summed E-state index contributed by atoms with van der Waals surface area (Å²) >= 11 is 1.57. The van der Waals surface area contributed by atoms with Gasteiger partial charge in [0.15, 0.2) is 0 Å². The Morgan fingerprint density at radius 1 is 1.45 bits per heavy atom. The number of hydrogen-bond acceptors (Lipinski definition) is 3. The van der Waals surface area contributed by atoms with Gasteiger partial charge in [0.2, 0.25) is 0 Å². The molecule has 0 aliphatic heterocycles. The van der Waals surface area contributed by atoms with Crippen LogP contribution in [0.4, 0.5) is 0 Å². The monoisotopic (exact) mass is 314 g/mol. The average molecular weight is 315 g/mol. The second-order valence-corrected chi connectivity index (χ2v) is 8.82. The fourth-order valence-electron chi connectivity index (χ4n) is 3.21. The number of rotatable bonds is 6. The van der Waals surface area contributed by atoms with Gasteiger partial charge in [0.25, 0.3) is 0 Å². The summed E-state index contributed by atoms with van der Waals surface area (Å²) in [4.78, 5) is 0. The minimum atomic E-state index is -1.03. The van der Waals surface area contributed by atoms with Gasteiger partial charge in [-0.3, -0.25) is 0 Å². The lowest BCUT2D eigenvalue weighted by Crippen LogP contribution is -2.49. The normalized spacial score (nSPS) is 21.8. The van der Waals surface area contributed by atoms with E-state index in [1.807, 2.05) is 35.9 Å². The van der Waals surface area contributed by atoms with E-state index in [1.165, 1.54) is 32.1 Å². The molecule has 0 bridgehead atoms. The molecule has 0 radical (unpaired) electrons. The van der Waals surface area contributed by atoms with E-state index >= 15 is 0 Å². The van der Waals surface area contributed by atoms with Crippen LogP contribution in [0.5, 0.6) is 0 Å². The highest BCUT2D eigenvalue weighted by Gasteiger charge is 2.35. The Morgan fingerprint density at radius 3 is 2.70 bits per heavy atom. The molecule has 0 aromatic carbocycles. The van der Waals surface area contributed by atoms with Gasteiger partial charge in [-0.1, -0.05) is 32.3 Å². The van der Waals surface area contributed by atoms with Crippen molar-refractivity contribution in [2.24, 2.45) is 5.41 Å². The van der Waals surface area contributed by atoms with Crippen LogP contribution in [0.25, 0.3) is 0 Å². The summed E-state index contributed by atoms with van der Waals surface area (Å²) < 4.78 is 15.4. The summed E-state index contributed by atoms with van der Waals surface area (Å²) in [5.41, 5.74) is 0.334. The largest absolute Gasteiger partial charge is 0.315 e. The van der Waals surface area contributed by atoms with Crippen LogP contribution in [0.1, 0.15) is 39.0 Å². The molecule has 0 saturated heterocycles. The maximum absolute atomic E-state index is 12.5. The lowest BCUT2D eigenvalue weighted by atomic mass is 9.70. The van der Waals surface area contributed by atoms with Crippen LogP contribution in [0, 0.1) is 5.41 Å². The topological polar surface area (TPSA) is 32.3 Å². The molecule has 114 valence electrons. The molecule has 1 aliphatic rings. The van der Waals surface area contributed by atoms with Gasteiger partial charge in [-0.15, -0.1) is 11.3 Å². The molecule has 1 heterocycles.